The van der Waals surface area contributed by atoms with Gasteiger partial charge in [-0.25, -0.2) is 4.90 Å². The highest BCUT2D eigenvalue weighted by molar-refractivity contribution is 6.22. The Morgan fingerprint density at radius 3 is 2.12 bits per heavy atom. The molecule has 1 heterocycles. The van der Waals surface area contributed by atoms with Crippen LogP contribution in [-0.2, 0) is 16.0 Å². The maximum Gasteiger partial charge on any atom is 0.237 e. The van der Waals surface area contributed by atoms with Crippen LogP contribution in [0.4, 0.5) is 5.69 Å². The molecule has 1 saturated heterocycles. The van der Waals surface area contributed by atoms with Crippen LogP contribution in [0.25, 0.3) is 0 Å². The molecule has 3 rings (SSSR count). The van der Waals surface area contributed by atoms with Gasteiger partial charge in [0.1, 0.15) is 17.2 Å². The number of amides is 2. The second kappa shape index (κ2) is 7.20. The fourth-order valence-electron chi connectivity index (χ4n) is 3.61. The van der Waals surface area contributed by atoms with Crippen LogP contribution in [0.2, 0.25) is 0 Å². The monoisotopic (exact) mass is 353 g/mol. The van der Waals surface area contributed by atoms with E-state index in [9.17, 15) is 9.59 Å². The van der Waals surface area contributed by atoms with Gasteiger partial charge in [0.25, 0.3) is 0 Å². The molecule has 136 valence electrons. The summed E-state index contributed by atoms with van der Waals surface area (Å²) in [6, 6.07) is 11.4. The first-order chi connectivity index (χ1) is 12.4. The number of anilines is 1. The molecular formula is C21H23NO4. The van der Waals surface area contributed by atoms with Gasteiger partial charge in [0.15, 0.2) is 0 Å². The van der Waals surface area contributed by atoms with E-state index in [2.05, 4.69) is 18.2 Å². The van der Waals surface area contributed by atoms with E-state index in [-0.39, 0.29) is 24.2 Å². The van der Waals surface area contributed by atoms with Crippen molar-refractivity contribution in [3.05, 3.63) is 53.1 Å². The Balaban J connectivity index is 1.93. The molecule has 0 bridgehead atoms. The van der Waals surface area contributed by atoms with E-state index >= 15 is 0 Å². The standard InChI is InChI=1S/C21H23NO4/c1-13-8-14(2)10-15(9-13)11-16-12-19(23)22(21(16)24)20-17(25-3)6-5-7-18(20)26-4/h5-10,16H,11-12H2,1-4H3. The summed E-state index contributed by atoms with van der Waals surface area (Å²) in [5.41, 5.74) is 3.76. The maximum absolute atomic E-state index is 13.0. The van der Waals surface area contributed by atoms with Gasteiger partial charge in [0, 0.05) is 6.42 Å². The molecule has 2 amide bonds. The highest BCUT2D eigenvalue weighted by atomic mass is 16.5. The summed E-state index contributed by atoms with van der Waals surface area (Å²) in [6.07, 6.45) is 0.730. The third-order valence-corrected chi connectivity index (χ3v) is 4.63. The molecule has 5 nitrogen and oxygen atoms in total. The Morgan fingerprint density at radius 2 is 1.58 bits per heavy atom. The number of carbonyl (C=O) groups excluding carboxylic acids is 2. The molecule has 1 unspecified atom stereocenters. The number of methoxy groups -OCH3 is 2. The van der Waals surface area contributed by atoms with Gasteiger partial charge in [-0.3, -0.25) is 9.59 Å². The lowest BCUT2D eigenvalue weighted by Crippen LogP contribution is -2.31. The van der Waals surface area contributed by atoms with Crippen LogP contribution in [0.1, 0.15) is 23.1 Å². The quantitative estimate of drug-likeness (QED) is 0.773. The topological polar surface area (TPSA) is 55.8 Å². The van der Waals surface area contributed by atoms with E-state index < -0.39 is 0 Å². The minimum Gasteiger partial charge on any atom is -0.494 e. The van der Waals surface area contributed by atoms with Crippen molar-refractivity contribution in [2.45, 2.75) is 26.7 Å². The Labute approximate surface area is 153 Å². The summed E-state index contributed by atoms with van der Waals surface area (Å²) < 4.78 is 10.7. The van der Waals surface area contributed by atoms with E-state index in [1.54, 1.807) is 18.2 Å². The Morgan fingerprint density at radius 1 is 1.00 bits per heavy atom. The minimum atomic E-state index is -0.377. The van der Waals surface area contributed by atoms with E-state index in [0.717, 1.165) is 16.7 Å². The van der Waals surface area contributed by atoms with Crippen LogP contribution in [0.3, 0.4) is 0 Å². The summed E-state index contributed by atoms with van der Waals surface area (Å²) in [5, 5.41) is 0. The van der Waals surface area contributed by atoms with E-state index in [1.165, 1.54) is 19.1 Å². The number of rotatable bonds is 5. The van der Waals surface area contributed by atoms with Crippen LogP contribution in [0, 0.1) is 19.8 Å². The van der Waals surface area contributed by atoms with Crippen molar-refractivity contribution >= 4 is 17.5 Å². The zero-order chi connectivity index (χ0) is 18.8. The number of imide groups is 1. The Hall–Kier alpha value is -2.82. The van der Waals surface area contributed by atoms with Crippen LogP contribution < -0.4 is 14.4 Å². The smallest absolute Gasteiger partial charge is 0.237 e. The number of hydrogen-bond donors (Lipinski definition) is 0. The third kappa shape index (κ3) is 3.29. The summed E-state index contributed by atoms with van der Waals surface area (Å²) in [7, 11) is 3.02. The summed E-state index contributed by atoms with van der Waals surface area (Å²) in [5.74, 6) is 0.0682. The highest BCUT2D eigenvalue weighted by Gasteiger charge is 2.42. The van der Waals surface area contributed by atoms with E-state index in [4.69, 9.17) is 9.47 Å². The molecule has 0 aromatic heterocycles. The average molecular weight is 353 g/mol. The predicted octanol–water partition coefficient (Wildman–Crippen LogP) is 3.44. The maximum atomic E-state index is 13.0. The molecule has 0 spiro atoms. The van der Waals surface area contributed by atoms with Crippen molar-refractivity contribution < 1.29 is 19.1 Å². The molecule has 2 aromatic rings. The SMILES string of the molecule is COc1cccc(OC)c1N1C(=O)CC(Cc2cc(C)cc(C)c2)C1=O. The molecule has 1 aliphatic rings. The fourth-order valence-corrected chi connectivity index (χ4v) is 3.61. The first kappa shape index (κ1) is 18.0. The lowest BCUT2D eigenvalue weighted by atomic mass is 9.95. The third-order valence-electron chi connectivity index (χ3n) is 4.63. The van der Waals surface area contributed by atoms with Crippen molar-refractivity contribution in [1.82, 2.24) is 0 Å². The second-order valence-corrected chi connectivity index (χ2v) is 6.68. The first-order valence-electron chi connectivity index (χ1n) is 8.59. The summed E-state index contributed by atoms with van der Waals surface area (Å²) in [4.78, 5) is 26.9. The number of ether oxygens (including phenoxy) is 2. The van der Waals surface area contributed by atoms with Gasteiger partial charge in [0.2, 0.25) is 11.8 Å². The van der Waals surface area contributed by atoms with Crippen molar-refractivity contribution in [3.63, 3.8) is 0 Å². The van der Waals surface area contributed by atoms with Crippen molar-refractivity contribution in [1.29, 1.82) is 0 Å². The molecule has 0 radical (unpaired) electrons. The van der Waals surface area contributed by atoms with Gasteiger partial charge in [-0.05, 0) is 38.0 Å². The normalized spacial score (nSPS) is 16.9. The average Bonchev–Trinajstić information content (AvgIpc) is 2.86. The highest BCUT2D eigenvalue weighted by Crippen LogP contribution is 2.41. The number of aryl methyl sites for hydroxylation is 2. The van der Waals surface area contributed by atoms with Crippen molar-refractivity contribution in [3.8, 4) is 11.5 Å². The largest absolute Gasteiger partial charge is 0.494 e. The number of carbonyl (C=O) groups is 2. The zero-order valence-electron chi connectivity index (χ0n) is 15.5. The van der Waals surface area contributed by atoms with Gasteiger partial charge in [-0.15, -0.1) is 0 Å². The fraction of sp³-hybridized carbons (Fsp3) is 0.333. The number of para-hydroxylation sites is 1. The van der Waals surface area contributed by atoms with Crippen molar-refractivity contribution in [2.75, 3.05) is 19.1 Å². The van der Waals surface area contributed by atoms with Crippen molar-refractivity contribution in [2.24, 2.45) is 5.92 Å². The number of hydrogen-bond acceptors (Lipinski definition) is 4. The molecule has 1 fully saturated rings. The van der Waals surface area contributed by atoms with E-state index in [0.29, 0.717) is 23.6 Å². The minimum absolute atomic E-state index is 0.188. The Bertz CT molecular complexity index is 817. The molecule has 0 aliphatic carbocycles. The molecule has 26 heavy (non-hydrogen) atoms. The van der Waals surface area contributed by atoms with Gasteiger partial charge in [0.05, 0.1) is 20.1 Å². The molecule has 2 aromatic carbocycles. The van der Waals surface area contributed by atoms with Crippen LogP contribution in [0.15, 0.2) is 36.4 Å². The Kier molecular flexibility index (Phi) is 4.98. The van der Waals surface area contributed by atoms with Crippen LogP contribution >= 0.6 is 0 Å². The molecule has 0 N–H and O–H groups in total. The van der Waals surface area contributed by atoms with Gasteiger partial charge < -0.3 is 9.47 Å². The summed E-state index contributed by atoms with van der Waals surface area (Å²) in [6.45, 7) is 4.06. The zero-order valence-corrected chi connectivity index (χ0v) is 15.5. The lowest BCUT2D eigenvalue weighted by molar-refractivity contribution is -0.122. The summed E-state index contributed by atoms with van der Waals surface area (Å²) >= 11 is 0. The number of nitrogens with zero attached hydrogens (tertiary/aromatic N) is 1. The molecule has 1 aliphatic heterocycles. The number of benzene rings is 2. The lowest BCUT2D eigenvalue weighted by Gasteiger charge is -2.20. The van der Waals surface area contributed by atoms with Gasteiger partial charge in [-0.1, -0.05) is 35.4 Å². The van der Waals surface area contributed by atoms with E-state index in [1.807, 2.05) is 13.8 Å². The molecular weight excluding hydrogens is 330 g/mol. The predicted molar refractivity (Wildman–Crippen MR) is 99.8 cm³/mol. The molecule has 1 atom stereocenters. The van der Waals surface area contributed by atoms with Crippen LogP contribution in [-0.4, -0.2) is 26.0 Å². The van der Waals surface area contributed by atoms with Gasteiger partial charge in [-0.2, -0.15) is 0 Å². The van der Waals surface area contributed by atoms with Crippen LogP contribution in [0.5, 0.6) is 11.5 Å². The molecule has 5 heteroatoms. The molecule has 0 saturated carbocycles. The van der Waals surface area contributed by atoms with Gasteiger partial charge >= 0.3 is 0 Å². The second-order valence-electron chi connectivity index (χ2n) is 6.68. The first-order valence-corrected chi connectivity index (χ1v) is 8.59.